The highest BCUT2D eigenvalue weighted by Crippen LogP contribution is 2.21. The fourth-order valence-electron chi connectivity index (χ4n) is 1.93. The summed E-state index contributed by atoms with van der Waals surface area (Å²) in [5.41, 5.74) is 1.55. The molecule has 0 saturated carbocycles. The van der Waals surface area contributed by atoms with E-state index in [1.165, 1.54) is 6.92 Å². The third-order valence-corrected chi connectivity index (χ3v) is 2.73. The fraction of sp³-hybridized carbons (Fsp3) is 0.231. The first kappa shape index (κ1) is 11.4. The van der Waals surface area contributed by atoms with E-state index in [9.17, 15) is 9.59 Å². The van der Waals surface area contributed by atoms with Gasteiger partial charge in [0, 0.05) is 29.2 Å². The number of fused-ring (bicyclic) bond motifs is 1. The highest BCUT2D eigenvalue weighted by Gasteiger charge is 2.11. The molecule has 2 rings (SSSR count). The predicted octanol–water partition coefficient (Wildman–Crippen LogP) is 2.32. The van der Waals surface area contributed by atoms with E-state index in [1.807, 2.05) is 28.8 Å². The largest absolute Gasteiger partial charge is 0.481 e. The van der Waals surface area contributed by atoms with Crippen LogP contribution in [0.5, 0.6) is 0 Å². The summed E-state index contributed by atoms with van der Waals surface area (Å²) in [5, 5.41) is 9.56. The van der Waals surface area contributed by atoms with Gasteiger partial charge in [0.25, 0.3) is 0 Å². The maximum absolute atomic E-state index is 11.5. The van der Waals surface area contributed by atoms with Gasteiger partial charge in [-0.05, 0) is 13.0 Å². The molecular formula is C13H13NO3. The van der Waals surface area contributed by atoms with E-state index < -0.39 is 5.97 Å². The summed E-state index contributed by atoms with van der Waals surface area (Å²) in [6.07, 6.45) is 1.78. The van der Waals surface area contributed by atoms with Gasteiger partial charge < -0.3 is 9.67 Å². The lowest BCUT2D eigenvalue weighted by Crippen LogP contribution is -2.03. The van der Waals surface area contributed by atoms with E-state index in [0.717, 1.165) is 10.9 Å². The molecule has 4 heteroatoms. The number of hydrogen-bond donors (Lipinski definition) is 1. The van der Waals surface area contributed by atoms with Crippen LogP contribution in [0.25, 0.3) is 10.9 Å². The Morgan fingerprint density at radius 1 is 1.29 bits per heavy atom. The lowest BCUT2D eigenvalue weighted by atomic mass is 10.1. The molecule has 17 heavy (non-hydrogen) atoms. The van der Waals surface area contributed by atoms with E-state index in [-0.39, 0.29) is 12.2 Å². The molecule has 0 radical (unpaired) electrons. The minimum Gasteiger partial charge on any atom is -0.481 e. The second-order valence-corrected chi connectivity index (χ2v) is 3.95. The maximum Gasteiger partial charge on any atom is 0.305 e. The van der Waals surface area contributed by atoms with Crippen molar-refractivity contribution in [2.75, 3.05) is 0 Å². The molecule has 0 amide bonds. The Bertz CT molecular complexity index is 583. The number of Topliss-reactive ketones (excluding diaryl/α,β-unsaturated/α-hetero) is 1. The molecule has 0 spiro atoms. The standard InChI is InChI=1S/C13H13NO3/c1-9(15)11-8-14(7-6-13(16)17)12-5-3-2-4-10(11)12/h2-5,8H,6-7H2,1H3,(H,16,17). The molecule has 0 saturated heterocycles. The topological polar surface area (TPSA) is 59.3 Å². The van der Waals surface area contributed by atoms with Crippen molar-refractivity contribution in [3.05, 3.63) is 36.0 Å². The molecule has 1 aromatic carbocycles. The normalized spacial score (nSPS) is 10.6. The molecule has 2 aromatic rings. The number of carbonyl (C=O) groups excluding carboxylic acids is 1. The summed E-state index contributed by atoms with van der Waals surface area (Å²) >= 11 is 0. The van der Waals surface area contributed by atoms with Gasteiger partial charge in [-0.3, -0.25) is 9.59 Å². The summed E-state index contributed by atoms with van der Waals surface area (Å²) in [7, 11) is 0. The molecule has 0 aliphatic carbocycles. The van der Waals surface area contributed by atoms with Crippen LogP contribution < -0.4 is 0 Å². The van der Waals surface area contributed by atoms with E-state index in [0.29, 0.717) is 12.1 Å². The predicted molar refractivity (Wildman–Crippen MR) is 64.2 cm³/mol. The zero-order valence-electron chi connectivity index (χ0n) is 9.51. The quantitative estimate of drug-likeness (QED) is 0.821. The first-order valence-electron chi connectivity index (χ1n) is 5.40. The van der Waals surface area contributed by atoms with Gasteiger partial charge in [-0.25, -0.2) is 0 Å². The zero-order valence-corrected chi connectivity index (χ0v) is 9.51. The third-order valence-electron chi connectivity index (χ3n) is 2.73. The van der Waals surface area contributed by atoms with Gasteiger partial charge in [0.1, 0.15) is 0 Å². The number of hydrogen-bond acceptors (Lipinski definition) is 2. The van der Waals surface area contributed by atoms with E-state index in [1.54, 1.807) is 6.20 Å². The van der Waals surface area contributed by atoms with Crippen LogP contribution in [-0.4, -0.2) is 21.4 Å². The number of rotatable bonds is 4. The van der Waals surface area contributed by atoms with E-state index in [4.69, 9.17) is 5.11 Å². The number of ketones is 1. The number of carboxylic acids is 1. The first-order chi connectivity index (χ1) is 8.09. The van der Waals surface area contributed by atoms with Crippen molar-refractivity contribution in [2.45, 2.75) is 19.9 Å². The Kier molecular flexibility index (Phi) is 2.95. The monoisotopic (exact) mass is 231 g/mol. The van der Waals surface area contributed by atoms with Crippen molar-refractivity contribution in [3.63, 3.8) is 0 Å². The second kappa shape index (κ2) is 4.41. The maximum atomic E-state index is 11.5. The molecule has 4 nitrogen and oxygen atoms in total. The summed E-state index contributed by atoms with van der Waals surface area (Å²) in [6.45, 7) is 1.90. The van der Waals surface area contributed by atoms with Crippen LogP contribution >= 0.6 is 0 Å². The molecule has 1 heterocycles. The number of carboxylic acid groups (broad SMARTS) is 1. The minimum absolute atomic E-state index is 0.00437. The molecule has 88 valence electrons. The number of aliphatic carboxylic acids is 1. The molecule has 0 bridgehead atoms. The van der Waals surface area contributed by atoms with Crippen molar-refractivity contribution in [1.29, 1.82) is 0 Å². The smallest absolute Gasteiger partial charge is 0.305 e. The van der Waals surface area contributed by atoms with E-state index >= 15 is 0 Å². The van der Waals surface area contributed by atoms with Crippen LogP contribution in [0.4, 0.5) is 0 Å². The van der Waals surface area contributed by atoms with Crippen LogP contribution in [0.15, 0.2) is 30.5 Å². The molecule has 0 unspecified atom stereocenters. The number of carbonyl (C=O) groups is 2. The highest BCUT2D eigenvalue weighted by molar-refractivity contribution is 6.06. The molecule has 0 fully saturated rings. The van der Waals surface area contributed by atoms with Gasteiger partial charge in [0.05, 0.1) is 6.42 Å². The van der Waals surface area contributed by atoms with Crippen LogP contribution in [0.1, 0.15) is 23.7 Å². The average Bonchev–Trinajstić information content (AvgIpc) is 2.65. The van der Waals surface area contributed by atoms with Crippen molar-refractivity contribution in [3.8, 4) is 0 Å². The lowest BCUT2D eigenvalue weighted by Gasteiger charge is -2.01. The average molecular weight is 231 g/mol. The SMILES string of the molecule is CC(=O)c1cn(CCC(=O)O)c2ccccc12. The number of para-hydroxylation sites is 1. The number of benzene rings is 1. The van der Waals surface area contributed by atoms with Gasteiger partial charge >= 0.3 is 5.97 Å². The van der Waals surface area contributed by atoms with Crippen molar-refractivity contribution in [1.82, 2.24) is 4.57 Å². The number of aromatic nitrogens is 1. The lowest BCUT2D eigenvalue weighted by molar-refractivity contribution is -0.137. The number of nitrogens with zero attached hydrogens (tertiary/aromatic N) is 1. The van der Waals surface area contributed by atoms with Crippen LogP contribution in [0.3, 0.4) is 0 Å². The molecule has 1 N–H and O–H groups in total. The highest BCUT2D eigenvalue weighted by atomic mass is 16.4. The van der Waals surface area contributed by atoms with Crippen LogP contribution in [0, 0.1) is 0 Å². The summed E-state index contributed by atoms with van der Waals surface area (Å²) < 4.78 is 1.82. The minimum atomic E-state index is -0.841. The summed E-state index contributed by atoms with van der Waals surface area (Å²) in [5.74, 6) is -0.845. The van der Waals surface area contributed by atoms with E-state index in [2.05, 4.69) is 0 Å². The Labute approximate surface area is 98.5 Å². The number of aryl methyl sites for hydroxylation is 1. The molecule has 0 aliphatic rings. The molecule has 1 aromatic heterocycles. The van der Waals surface area contributed by atoms with Gasteiger partial charge in [-0.2, -0.15) is 0 Å². The Morgan fingerprint density at radius 3 is 2.65 bits per heavy atom. The Balaban J connectivity index is 2.49. The van der Waals surface area contributed by atoms with Gasteiger partial charge in [0.15, 0.2) is 5.78 Å². The fourth-order valence-corrected chi connectivity index (χ4v) is 1.93. The molecular weight excluding hydrogens is 218 g/mol. The van der Waals surface area contributed by atoms with Crippen LogP contribution in [-0.2, 0) is 11.3 Å². The van der Waals surface area contributed by atoms with Gasteiger partial charge in [0.2, 0.25) is 0 Å². The van der Waals surface area contributed by atoms with Crippen molar-refractivity contribution < 1.29 is 14.7 Å². The molecule has 0 aliphatic heterocycles. The van der Waals surface area contributed by atoms with Crippen LogP contribution in [0.2, 0.25) is 0 Å². The van der Waals surface area contributed by atoms with Crippen molar-refractivity contribution >= 4 is 22.7 Å². The first-order valence-corrected chi connectivity index (χ1v) is 5.40. The second-order valence-electron chi connectivity index (χ2n) is 3.95. The summed E-state index contributed by atoms with van der Waals surface area (Å²) in [4.78, 5) is 22.1. The summed E-state index contributed by atoms with van der Waals surface area (Å²) in [6, 6.07) is 7.52. The van der Waals surface area contributed by atoms with Gasteiger partial charge in [-0.15, -0.1) is 0 Å². The Hall–Kier alpha value is -2.10. The zero-order chi connectivity index (χ0) is 12.4. The Morgan fingerprint density at radius 2 is 2.00 bits per heavy atom. The van der Waals surface area contributed by atoms with Gasteiger partial charge in [-0.1, -0.05) is 18.2 Å². The third kappa shape index (κ3) is 2.20. The van der Waals surface area contributed by atoms with Crippen molar-refractivity contribution in [2.24, 2.45) is 0 Å². The molecule has 0 atom stereocenters.